The van der Waals surface area contributed by atoms with Crippen molar-refractivity contribution >= 4 is 16.9 Å². The Hall–Kier alpha value is -3.54. The summed E-state index contributed by atoms with van der Waals surface area (Å²) in [6, 6.07) is 15.6. The molecule has 1 atom stereocenters. The van der Waals surface area contributed by atoms with E-state index in [4.69, 9.17) is 9.15 Å². The SMILES string of the molecule is CC(=O)NC(C)c1coc2cc(OCc3ccc(-n4cccn4)cc3)ccc12. The van der Waals surface area contributed by atoms with E-state index in [0.717, 1.165) is 33.5 Å². The Kier molecular flexibility index (Phi) is 4.85. The molecule has 0 aliphatic rings. The molecule has 2 aromatic heterocycles. The minimum Gasteiger partial charge on any atom is -0.489 e. The fourth-order valence-electron chi connectivity index (χ4n) is 3.17. The van der Waals surface area contributed by atoms with Gasteiger partial charge >= 0.3 is 0 Å². The van der Waals surface area contributed by atoms with Gasteiger partial charge < -0.3 is 14.5 Å². The molecule has 2 heterocycles. The van der Waals surface area contributed by atoms with E-state index in [1.54, 1.807) is 12.5 Å². The van der Waals surface area contributed by atoms with Crippen molar-refractivity contribution in [3.63, 3.8) is 0 Å². The lowest BCUT2D eigenvalue weighted by molar-refractivity contribution is -0.119. The molecule has 4 rings (SSSR count). The van der Waals surface area contributed by atoms with E-state index >= 15 is 0 Å². The quantitative estimate of drug-likeness (QED) is 0.542. The Morgan fingerprint density at radius 1 is 1.25 bits per heavy atom. The third-order valence-corrected chi connectivity index (χ3v) is 4.57. The molecule has 2 aromatic carbocycles. The van der Waals surface area contributed by atoms with Gasteiger partial charge in [0, 0.05) is 36.3 Å². The summed E-state index contributed by atoms with van der Waals surface area (Å²) in [5, 5.41) is 8.07. The van der Waals surface area contributed by atoms with Gasteiger partial charge in [-0.3, -0.25) is 4.79 Å². The normalized spacial score (nSPS) is 12.1. The molecule has 0 aliphatic heterocycles. The van der Waals surface area contributed by atoms with Crippen molar-refractivity contribution in [1.82, 2.24) is 15.1 Å². The summed E-state index contributed by atoms with van der Waals surface area (Å²) in [5.41, 5.74) is 3.76. The average Bonchev–Trinajstić information content (AvgIpc) is 3.36. The summed E-state index contributed by atoms with van der Waals surface area (Å²) < 4.78 is 13.4. The van der Waals surface area contributed by atoms with E-state index in [-0.39, 0.29) is 11.9 Å². The Bertz CT molecular complexity index is 1080. The zero-order chi connectivity index (χ0) is 19.5. The van der Waals surface area contributed by atoms with Crippen molar-refractivity contribution in [2.75, 3.05) is 0 Å². The Morgan fingerprint density at radius 3 is 2.79 bits per heavy atom. The van der Waals surface area contributed by atoms with Gasteiger partial charge in [-0.1, -0.05) is 12.1 Å². The third-order valence-electron chi connectivity index (χ3n) is 4.57. The Labute approximate surface area is 162 Å². The third kappa shape index (κ3) is 3.76. The molecule has 28 heavy (non-hydrogen) atoms. The highest BCUT2D eigenvalue weighted by atomic mass is 16.5. The summed E-state index contributed by atoms with van der Waals surface area (Å²) in [5.74, 6) is 0.664. The van der Waals surface area contributed by atoms with Crippen molar-refractivity contribution < 1.29 is 13.9 Å². The molecule has 1 N–H and O–H groups in total. The predicted octanol–water partition coefficient (Wildman–Crippen LogP) is 4.39. The molecule has 1 unspecified atom stereocenters. The van der Waals surface area contributed by atoms with Crippen molar-refractivity contribution in [1.29, 1.82) is 0 Å². The van der Waals surface area contributed by atoms with Crippen LogP contribution in [0.5, 0.6) is 5.75 Å². The minimum absolute atomic E-state index is 0.0691. The first-order valence-corrected chi connectivity index (χ1v) is 9.10. The summed E-state index contributed by atoms with van der Waals surface area (Å²) in [6.45, 7) is 3.90. The van der Waals surface area contributed by atoms with Crippen molar-refractivity contribution in [3.05, 3.63) is 78.3 Å². The molecular weight excluding hydrogens is 354 g/mol. The van der Waals surface area contributed by atoms with Gasteiger partial charge in [0.15, 0.2) is 0 Å². The lowest BCUT2D eigenvalue weighted by atomic mass is 10.1. The van der Waals surface area contributed by atoms with Crippen LogP contribution in [0.4, 0.5) is 0 Å². The lowest BCUT2D eigenvalue weighted by Gasteiger charge is -2.11. The van der Waals surface area contributed by atoms with Gasteiger partial charge in [-0.15, -0.1) is 0 Å². The molecule has 6 nitrogen and oxygen atoms in total. The maximum absolute atomic E-state index is 11.3. The lowest BCUT2D eigenvalue weighted by Crippen LogP contribution is -2.23. The summed E-state index contributed by atoms with van der Waals surface area (Å²) >= 11 is 0. The molecule has 0 aliphatic carbocycles. The molecule has 0 spiro atoms. The highest BCUT2D eigenvalue weighted by Crippen LogP contribution is 2.29. The number of nitrogens with zero attached hydrogens (tertiary/aromatic N) is 2. The summed E-state index contributed by atoms with van der Waals surface area (Å²) in [6.07, 6.45) is 5.35. The number of benzene rings is 2. The number of aromatic nitrogens is 2. The zero-order valence-corrected chi connectivity index (χ0v) is 15.8. The van der Waals surface area contributed by atoms with E-state index in [1.807, 2.05) is 66.3 Å². The van der Waals surface area contributed by atoms with Crippen LogP contribution in [0.25, 0.3) is 16.7 Å². The van der Waals surface area contributed by atoms with Gasteiger partial charge in [-0.2, -0.15) is 5.10 Å². The number of nitrogens with one attached hydrogen (secondary N) is 1. The monoisotopic (exact) mass is 375 g/mol. The molecular formula is C22H21N3O3. The first-order valence-electron chi connectivity index (χ1n) is 9.10. The van der Waals surface area contributed by atoms with Crippen LogP contribution in [0.3, 0.4) is 0 Å². The fourth-order valence-corrected chi connectivity index (χ4v) is 3.17. The van der Waals surface area contributed by atoms with Crippen LogP contribution in [-0.4, -0.2) is 15.7 Å². The van der Waals surface area contributed by atoms with E-state index < -0.39 is 0 Å². The Morgan fingerprint density at radius 2 is 2.07 bits per heavy atom. The van der Waals surface area contributed by atoms with Crippen molar-refractivity contribution in [2.24, 2.45) is 0 Å². The van der Waals surface area contributed by atoms with Crippen molar-refractivity contribution in [2.45, 2.75) is 26.5 Å². The van der Waals surface area contributed by atoms with Gasteiger partial charge in [-0.25, -0.2) is 4.68 Å². The predicted molar refractivity (Wildman–Crippen MR) is 106 cm³/mol. The van der Waals surface area contributed by atoms with Crippen LogP contribution >= 0.6 is 0 Å². The zero-order valence-electron chi connectivity index (χ0n) is 15.8. The highest BCUT2D eigenvalue weighted by Gasteiger charge is 2.14. The number of carbonyl (C=O) groups is 1. The van der Waals surface area contributed by atoms with Crippen LogP contribution in [0.1, 0.15) is 31.0 Å². The van der Waals surface area contributed by atoms with E-state index in [1.165, 1.54) is 6.92 Å². The molecule has 0 radical (unpaired) electrons. The minimum atomic E-state index is -0.112. The first-order chi connectivity index (χ1) is 13.6. The molecule has 4 aromatic rings. The number of hydrogen-bond donors (Lipinski definition) is 1. The number of ether oxygens (including phenoxy) is 1. The van der Waals surface area contributed by atoms with Gasteiger partial charge in [0.05, 0.1) is 18.0 Å². The van der Waals surface area contributed by atoms with E-state index in [0.29, 0.717) is 6.61 Å². The molecule has 0 saturated carbocycles. The molecule has 0 bridgehead atoms. The van der Waals surface area contributed by atoms with Gasteiger partial charge in [0.2, 0.25) is 5.91 Å². The van der Waals surface area contributed by atoms with Gasteiger partial charge in [-0.05, 0) is 42.8 Å². The van der Waals surface area contributed by atoms with Crippen LogP contribution in [0.2, 0.25) is 0 Å². The molecule has 0 fully saturated rings. The largest absolute Gasteiger partial charge is 0.489 e. The molecule has 1 amide bonds. The fraction of sp³-hybridized carbons (Fsp3) is 0.182. The van der Waals surface area contributed by atoms with Gasteiger partial charge in [0.1, 0.15) is 17.9 Å². The number of rotatable bonds is 6. The van der Waals surface area contributed by atoms with Crippen LogP contribution in [0.15, 0.2) is 71.6 Å². The van der Waals surface area contributed by atoms with E-state index in [9.17, 15) is 4.79 Å². The molecule has 142 valence electrons. The van der Waals surface area contributed by atoms with Crippen LogP contribution < -0.4 is 10.1 Å². The van der Waals surface area contributed by atoms with Gasteiger partial charge in [0.25, 0.3) is 0 Å². The highest BCUT2D eigenvalue weighted by molar-refractivity contribution is 5.83. The average molecular weight is 375 g/mol. The van der Waals surface area contributed by atoms with Crippen LogP contribution in [-0.2, 0) is 11.4 Å². The second kappa shape index (κ2) is 7.60. The number of amides is 1. The standard InChI is InChI=1S/C22H21N3O3/c1-15(24-16(2)26)21-14-28-22-12-19(8-9-20(21)22)27-13-17-4-6-18(7-5-17)25-11-3-10-23-25/h3-12,14-15H,13H2,1-2H3,(H,24,26). The van der Waals surface area contributed by atoms with Crippen LogP contribution in [0, 0.1) is 0 Å². The van der Waals surface area contributed by atoms with Crippen molar-refractivity contribution in [3.8, 4) is 11.4 Å². The maximum Gasteiger partial charge on any atom is 0.217 e. The smallest absolute Gasteiger partial charge is 0.217 e. The molecule has 6 heteroatoms. The summed E-state index contributed by atoms with van der Waals surface area (Å²) in [4.78, 5) is 11.3. The first kappa shape index (κ1) is 17.9. The topological polar surface area (TPSA) is 69.3 Å². The van der Waals surface area contributed by atoms with E-state index in [2.05, 4.69) is 10.4 Å². The summed E-state index contributed by atoms with van der Waals surface area (Å²) in [7, 11) is 0. The maximum atomic E-state index is 11.3. The second-order valence-corrected chi connectivity index (χ2v) is 6.68. The second-order valence-electron chi connectivity index (χ2n) is 6.68. The number of hydrogen-bond acceptors (Lipinski definition) is 4. The number of furan rings is 1. The number of fused-ring (bicyclic) bond motifs is 1. The Balaban J connectivity index is 1.44. The number of carbonyl (C=O) groups excluding carboxylic acids is 1. The molecule has 0 saturated heterocycles.